The Morgan fingerprint density at radius 3 is 2.40 bits per heavy atom. The predicted molar refractivity (Wildman–Crippen MR) is 118 cm³/mol. The van der Waals surface area contributed by atoms with Crippen molar-refractivity contribution in [2.75, 3.05) is 20.8 Å². The summed E-state index contributed by atoms with van der Waals surface area (Å²) in [6.07, 6.45) is 1.79. The third-order valence-electron chi connectivity index (χ3n) is 5.04. The van der Waals surface area contributed by atoms with E-state index in [0.29, 0.717) is 19.4 Å². The molecule has 0 fully saturated rings. The normalized spacial score (nSPS) is 10.7. The maximum absolute atomic E-state index is 12.2. The summed E-state index contributed by atoms with van der Waals surface area (Å²) in [5.41, 5.74) is 5.30. The molecule has 0 radical (unpaired) electrons. The second kappa shape index (κ2) is 9.96. The van der Waals surface area contributed by atoms with Gasteiger partial charge in [-0.25, -0.2) is 4.68 Å². The first kappa shape index (κ1) is 21.4. The molecule has 0 aliphatic carbocycles. The van der Waals surface area contributed by atoms with Crippen LogP contribution in [0.5, 0.6) is 11.5 Å². The summed E-state index contributed by atoms with van der Waals surface area (Å²) in [5, 5.41) is 7.50. The van der Waals surface area contributed by atoms with Gasteiger partial charge >= 0.3 is 0 Å². The first-order valence-electron chi connectivity index (χ1n) is 10.1. The largest absolute Gasteiger partial charge is 0.497 e. The van der Waals surface area contributed by atoms with E-state index >= 15 is 0 Å². The molecule has 2 aromatic carbocycles. The molecular formula is C24H29N3O3. The quantitative estimate of drug-likeness (QED) is 0.586. The number of aromatic nitrogens is 2. The Morgan fingerprint density at radius 2 is 1.77 bits per heavy atom. The topological polar surface area (TPSA) is 65.4 Å². The van der Waals surface area contributed by atoms with E-state index in [-0.39, 0.29) is 5.91 Å². The molecule has 158 valence electrons. The second-order valence-corrected chi connectivity index (χ2v) is 7.28. The predicted octanol–water partition coefficient (Wildman–Crippen LogP) is 3.80. The fourth-order valence-corrected chi connectivity index (χ4v) is 3.45. The number of nitrogens with one attached hydrogen (secondary N) is 1. The molecule has 0 aliphatic heterocycles. The third-order valence-corrected chi connectivity index (χ3v) is 5.04. The van der Waals surface area contributed by atoms with Crippen LogP contribution < -0.4 is 14.8 Å². The van der Waals surface area contributed by atoms with Crippen LogP contribution in [0, 0.1) is 13.8 Å². The lowest BCUT2D eigenvalue weighted by atomic mass is 10.1. The van der Waals surface area contributed by atoms with Gasteiger partial charge in [-0.05, 0) is 74.2 Å². The highest BCUT2D eigenvalue weighted by Gasteiger charge is 2.09. The smallest absolute Gasteiger partial charge is 0.220 e. The standard InChI is InChI=1S/C24H29N3O3/c1-17-15-18(2)27(26-17)21-8-5-19(6-9-21)13-14-25-24(28)12-7-20-16-22(29-3)10-11-23(20)30-4/h5-6,8-11,15-16H,7,12-14H2,1-4H3,(H,25,28). The molecule has 30 heavy (non-hydrogen) atoms. The van der Waals surface area contributed by atoms with Gasteiger partial charge in [0, 0.05) is 18.7 Å². The molecule has 0 saturated heterocycles. The van der Waals surface area contributed by atoms with Crippen LogP contribution in [-0.4, -0.2) is 36.5 Å². The lowest BCUT2D eigenvalue weighted by Crippen LogP contribution is -2.25. The van der Waals surface area contributed by atoms with Crippen molar-refractivity contribution in [2.45, 2.75) is 33.1 Å². The first-order valence-corrected chi connectivity index (χ1v) is 10.1. The number of carbonyl (C=O) groups is 1. The van der Waals surface area contributed by atoms with E-state index in [1.165, 1.54) is 5.56 Å². The SMILES string of the molecule is COc1ccc(OC)c(CCC(=O)NCCc2ccc(-n3nc(C)cc3C)cc2)c1. The monoisotopic (exact) mass is 407 g/mol. The molecule has 0 saturated carbocycles. The van der Waals surface area contributed by atoms with Crippen LogP contribution in [0.15, 0.2) is 48.5 Å². The number of benzene rings is 2. The number of hydrogen-bond acceptors (Lipinski definition) is 4. The van der Waals surface area contributed by atoms with E-state index in [0.717, 1.165) is 40.6 Å². The van der Waals surface area contributed by atoms with E-state index < -0.39 is 0 Å². The fraction of sp³-hybridized carbons (Fsp3) is 0.333. The van der Waals surface area contributed by atoms with Gasteiger partial charge in [0.05, 0.1) is 25.6 Å². The number of carbonyl (C=O) groups excluding carboxylic acids is 1. The summed E-state index contributed by atoms with van der Waals surface area (Å²) in [6, 6.07) is 16.0. The van der Waals surface area contributed by atoms with Crippen molar-refractivity contribution in [3.05, 3.63) is 71.0 Å². The maximum Gasteiger partial charge on any atom is 0.220 e. The van der Waals surface area contributed by atoms with Crippen molar-refractivity contribution < 1.29 is 14.3 Å². The second-order valence-electron chi connectivity index (χ2n) is 7.28. The first-order chi connectivity index (χ1) is 14.5. The summed E-state index contributed by atoms with van der Waals surface area (Å²) in [5.74, 6) is 1.56. The molecular weight excluding hydrogens is 378 g/mol. The summed E-state index contributed by atoms with van der Waals surface area (Å²) in [6.45, 7) is 4.64. The zero-order valence-electron chi connectivity index (χ0n) is 18.1. The van der Waals surface area contributed by atoms with Gasteiger partial charge < -0.3 is 14.8 Å². The summed E-state index contributed by atoms with van der Waals surface area (Å²) in [7, 11) is 3.26. The Labute approximate surface area is 177 Å². The van der Waals surface area contributed by atoms with Crippen molar-refractivity contribution in [2.24, 2.45) is 0 Å². The van der Waals surface area contributed by atoms with Gasteiger partial charge in [0.25, 0.3) is 0 Å². The summed E-state index contributed by atoms with van der Waals surface area (Å²) >= 11 is 0. The average Bonchev–Trinajstić information content (AvgIpc) is 3.10. The van der Waals surface area contributed by atoms with Crippen LogP contribution in [0.3, 0.4) is 0 Å². The number of ether oxygens (including phenoxy) is 2. The molecule has 0 atom stereocenters. The Bertz CT molecular complexity index is 993. The Kier molecular flexibility index (Phi) is 7.12. The van der Waals surface area contributed by atoms with E-state index in [1.807, 2.05) is 36.7 Å². The van der Waals surface area contributed by atoms with Crippen LogP contribution >= 0.6 is 0 Å². The Balaban J connectivity index is 1.47. The number of amides is 1. The van der Waals surface area contributed by atoms with E-state index in [9.17, 15) is 4.79 Å². The highest BCUT2D eigenvalue weighted by molar-refractivity contribution is 5.76. The van der Waals surface area contributed by atoms with Crippen molar-refractivity contribution in [1.29, 1.82) is 0 Å². The fourth-order valence-electron chi connectivity index (χ4n) is 3.45. The van der Waals surface area contributed by atoms with Crippen LogP contribution in [0.4, 0.5) is 0 Å². The molecule has 6 heteroatoms. The van der Waals surface area contributed by atoms with Gasteiger partial charge in [-0.2, -0.15) is 5.10 Å². The third kappa shape index (κ3) is 5.41. The van der Waals surface area contributed by atoms with Crippen LogP contribution in [0.25, 0.3) is 5.69 Å². The minimum absolute atomic E-state index is 0.0270. The summed E-state index contributed by atoms with van der Waals surface area (Å²) in [4.78, 5) is 12.2. The molecule has 1 N–H and O–H groups in total. The van der Waals surface area contributed by atoms with Gasteiger partial charge in [-0.3, -0.25) is 4.79 Å². The minimum atomic E-state index is 0.0270. The number of methoxy groups -OCH3 is 2. The van der Waals surface area contributed by atoms with Gasteiger partial charge in [-0.1, -0.05) is 12.1 Å². The van der Waals surface area contributed by atoms with Crippen LogP contribution in [-0.2, 0) is 17.6 Å². The number of rotatable bonds is 9. The molecule has 1 amide bonds. The van der Waals surface area contributed by atoms with Crippen molar-refractivity contribution >= 4 is 5.91 Å². The molecule has 0 spiro atoms. The van der Waals surface area contributed by atoms with Crippen molar-refractivity contribution in [1.82, 2.24) is 15.1 Å². The van der Waals surface area contributed by atoms with Gasteiger partial charge in [-0.15, -0.1) is 0 Å². The number of nitrogens with zero attached hydrogens (tertiary/aromatic N) is 2. The highest BCUT2D eigenvalue weighted by Crippen LogP contribution is 2.25. The Hall–Kier alpha value is -3.28. The minimum Gasteiger partial charge on any atom is -0.497 e. The van der Waals surface area contributed by atoms with E-state index in [4.69, 9.17) is 9.47 Å². The lowest BCUT2D eigenvalue weighted by molar-refractivity contribution is -0.121. The molecule has 3 rings (SSSR count). The molecule has 6 nitrogen and oxygen atoms in total. The lowest BCUT2D eigenvalue weighted by Gasteiger charge is -2.11. The van der Waals surface area contributed by atoms with Crippen LogP contribution in [0.1, 0.15) is 28.9 Å². The van der Waals surface area contributed by atoms with Crippen molar-refractivity contribution in [3.63, 3.8) is 0 Å². The van der Waals surface area contributed by atoms with Crippen LogP contribution in [0.2, 0.25) is 0 Å². The molecule has 0 aliphatic rings. The van der Waals surface area contributed by atoms with E-state index in [2.05, 4.69) is 40.7 Å². The zero-order valence-corrected chi connectivity index (χ0v) is 18.1. The van der Waals surface area contributed by atoms with Gasteiger partial charge in [0.15, 0.2) is 0 Å². The van der Waals surface area contributed by atoms with Gasteiger partial charge in [0.1, 0.15) is 11.5 Å². The Morgan fingerprint density at radius 1 is 1.00 bits per heavy atom. The number of hydrogen-bond donors (Lipinski definition) is 1. The molecule has 1 heterocycles. The van der Waals surface area contributed by atoms with Crippen molar-refractivity contribution in [3.8, 4) is 17.2 Å². The maximum atomic E-state index is 12.2. The summed E-state index contributed by atoms with van der Waals surface area (Å²) < 4.78 is 12.6. The average molecular weight is 408 g/mol. The molecule has 0 unspecified atom stereocenters. The molecule has 0 bridgehead atoms. The molecule has 3 aromatic rings. The molecule has 1 aromatic heterocycles. The number of aryl methyl sites for hydroxylation is 3. The highest BCUT2D eigenvalue weighted by atomic mass is 16.5. The van der Waals surface area contributed by atoms with E-state index in [1.54, 1.807) is 14.2 Å². The zero-order chi connectivity index (χ0) is 21.5. The van der Waals surface area contributed by atoms with Gasteiger partial charge in [0.2, 0.25) is 5.91 Å².